The van der Waals surface area contributed by atoms with Gasteiger partial charge in [-0.1, -0.05) is 11.6 Å². The summed E-state index contributed by atoms with van der Waals surface area (Å²) in [6.45, 7) is 1.97. The van der Waals surface area contributed by atoms with Crippen LogP contribution in [0.4, 0.5) is 4.39 Å². The number of aryl methyl sites for hydroxylation is 1. The van der Waals surface area contributed by atoms with Gasteiger partial charge in [0.1, 0.15) is 11.4 Å². The fourth-order valence-electron chi connectivity index (χ4n) is 2.54. The predicted octanol–water partition coefficient (Wildman–Crippen LogP) is 3.07. The lowest BCUT2D eigenvalue weighted by molar-refractivity contribution is 0.0945. The summed E-state index contributed by atoms with van der Waals surface area (Å²) in [5.41, 5.74) is 6.32. The second-order valence-electron chi connectivity index (χ2n) is 5.01. The number of methoxy groups -OCH3 is 1. The minimum absolute atomic E-state index is 0.148. The molecule has 3 heteroatoms. The van der Waals surface area contributed by atoms with Gasteiger partial charge in [0.05, 0.1) is 7.11 Å². The summed E-state index contributed by atoms with van der Waals surface area (Å²) in [6, 6.07) is 5.84. The van der Waals surface area contributed by atoms with Crippen LogP contribution in [-0.2, 0) is 5.67 Å². The maximum atomic E-state index is 15.0. The first-order chi connectivity index (χ1) is 8.05. The van der Waals surface area contributed by atoms with Gasteiger partial charge in [0.25, 0.3) is 0 Å². The SMILES string of the molecule is COc1ccc(C)cc1C1(F)CCC(N)CC1. The van der Waals surface area contributed by atoms with Crippen LogP contribution in [0.5, 0.6) is 5.75 Å². The number of halogens is 1. The van der Waals surface area contributed by atoms with Gasteiger partial charge in [0.2, 0.25) is 0 Å². The van der Waals surface area contributed by atoms with Crippen molar-refractivity contribution in [3.05, 3.63) is 29.3 Å². The molecule has 0 saturated heterocycles. The fraction of sp³-hybridized carbons (Fsp3) is 0.571. The Kier molecular flexibility index (Phi) is 3.38. The third-order valence-corrected chi connectivity index (χ3v) is 3.66. The lowest BCUT2D eigenvalue weighted by atomic mass is 9.78. The Hall–Kier alpha value is -1.09. The van der Waals surface area contributed by atoms with E-state index in [4.69, 9.17) is 10.5 Å². The van der Waals surface area contributed by atoms with E-state index >= 15 is 0 Å². The standard InChI is InChI=1S/C14H20FNO/c1-10-3-4-13(17-2)12(9-10)14(15)7-5-11(16)6-8-14/h3-4,9,11H,5-8,16H2,1-2H3. The molecule has 1 aromatic carbocycles. The Labute approximate surface area is 102 Å². The molecule has 2 N–H and O–H groups in total. The molecule has 1 aliphatic rings. The van der Waals surface area contributed by atoms with Crippen LogP contribution in [0.3, 0.4) is 0 Å². The van der Waals surface area contributed by atoms with Gasteiger partial charge in [-0.05, 0) is 44.7 Å². The van der Waals surface area contributed by atoms with Crippen LogP contribution in [0.15, 0.2) is 18.2 Å². The van der Waals surface area contributed by atoms with Gasteiger partial charge in [0, 0.05) is 11.6 Å². The molecule has 0 amide bonds. The summed E-state index contributed by atoms with van der Waals surface area (Å²) in [4.78, 5) is 0. The highest BCUT2D eigenvalue weighted by Crippen LogP contribution is 2.44. The van der Waals surface area contributed by atoms with Crippen molar-refractivity contribution in [3.8, 4) is 5.75 Å². The van der Waals surface area contributed by atoms with E-state index in [2.05, 4.69) is 0 Å². The van der Waals surface area contributed by atoms with E-state index in [0.717, 1.165) is 18.4 Å². The van der Waals surface area contributed by atoms with E-state index in [9.17, 15) is 4.39 Å². The largest absolute Gasteiger partial charge is 0.496 e. The van der Waals surface area contributed by atoms with E-state index in [1.807, 2.05) is 25.1 Å². The average molecular weight is 237 g/mol. The number of rotatable bonds is 2. The molecule has 1 aliphatic carbocycles. The van der Waals surface area contributed by atoms with Gasteiger partial charge in [-0.25, -0.2) is 4.39 Å². The van der Waals surface area contributed by atoms with Gasteiger partial charge in [-0.3, -0.25) is 0 Å². The van der Waals surface area contributed by atoms with Gasteiger partial charge >= 0.3 is 0 Å². The van der Waals surface area contributed by atoms with Gasteiger partial charge in [-0.15, -0.1) is 0 Å². The minimum Gasteiger partial charge on any atom is -0.496 e. The van der Waals surface area contributed by atoms with Gasteiger partial charge in [0.15, 0.2) is 0 Å². The number of ether oxygens (including phenoxy) is 1. The molecule has 94 valence electrons. The van der Waals surface area contributed by atoms with Crippen LogP contribution in [-0.4, -0.2) is 13.2 Å². The van der Waals surface area contributed by atoms with Crippen molar-refractivity contribution in [2.24, 2.45) is 5.73 Å². The Morgan fingerprint density at radius 2 is 2.00 bits per heavy atom. The summed E-state index contributed by atoms with van der Waals surface area (Å²) in [5.74, 6) is 0.647. The van der Waals surface area contributed by atoms with Crippen molar-refractivity contribution >= 4 is 0 Å². The molecule has 0 radical (unpaired) electrons. The molecule has 1 saturated carbocycles. The monoisotopic (exact) mass is 237 g/mol. The summed E-state index contributed by atoms with van der Waals surface area (Å²) >= 11 is 0. The van der Waals surface area contributed by atoms with Crippen molar-refractivity contribution in [1.29, 1.82) is 0 Å². The lowest BCUT2D eigenvalue weighted by Gasteiger charge is -2.33. The highest BCUT2D eigenvalue weighted by atomic mass is 19.1. The zero-order valence-electron chi connectivity index (χ0n) is 10.5. The van der Waals surface area contributed by atoms with Crippen molar-refractivity contribution in [2.45, 2.75) is 44.3 Å². The molecule has 1 aromatic rings. The third-order valence-electron chi connectivity index (χ3n) is 3.66. The summed E-state index contributed by atoms with van der Waals surface area (Å²) < 4.78 is 20.2. The summed E-state index contributed by atoms with van der Waals surface area (Å²) in [5, 5.41) is 0. The average Bonchev–Trinajstić information content (AvgIpc) is 2.33. The second kappa shape index (κ2) is 4.65. The molecule has 2 nitrogen and oxygen atoms in total. The molecule has 2 rings (SSSR count). The molecular formula is C14H20FNO. The van der Waals surface area contributed by atoms with Crippen LogP contribution in [0.2, 0.25) is 0 Å². The van der Waals surface area contributed by atoms with Crippen LogP contribution in [0.1, 0.15) is 36.8 Å². The first-order valence-corrected chi connectivity index (χ1v) is 6.15. The first kappa shape index (κ1) is 12.4. The van der Waals surface area contributed by atoms with Crippen LogP contribution < -0.4 is 10.5 Å². The number of hydrogen-bond acceptors (Lipinski definition) is 2. The molecule has 0 heterocycles. The molecule has 0 spiro atoms. The molecule has 17 heavy (non-hydrogen) atoms. The van der Waals surface area contributed by atoms with Crippen molar-refractivity contribution in [3.63, 3.8) is 0 Å². The second-order valence-corrected chi connectivity index (χ2v) is 5.01. The molecule has 0 atom stereocenters. The number of benzene rings is 1. The van der Waals surface area contributed by atoms with Crippen molar-refractivity contribution < 1.29 is 9.13 Å². The first-order valence-electron chi connectivity index (χ1n) is 6.15. The van der Waals surface area contributed by atoms with Gasteiger partial charge in [-0.2, -0.15) is 0 Å². The normalized spacial score (nSPS) is 29.1. The number of alkyl halides is 1. The molecule has 0 unspecified atom stereocenters. The highest BCUT2D eigenvalue weighted by molar-refractivity contribution is 5.41. The Bertz CT molecular complexity index is 397. The Morgan fingerprint density at radius 1 is 1.35 bits per heavy atom. The summed E-state index contributed by atoms with van der Waals surface area (Å²) in [6.07, 6.45) is 2.48. The molecule has 0 bridgehead atoms. The maximum Gasteiger partial charge on any atom is 0.139 e. The van der Waals surface area contributed by atoms with Crippen LogP contribution >= 0.6 is 0 Å². The predicted molar refractivity (Wildman–Crippen MR) is 67.0 cm³/mol. The lowest BCUT2D eigenvalue weighted by Crippen LogP contribution is -2.34. The third kappa shape index (κ3) is 2.44. The minimum atomic E-state index is -1.27. The van der Waals surface area contributed by atoms with E-state index < -0.39 is 5.67 Å². The Balaban J connectivity index is 2.34. The molecule has 0 aliphatic heterocycles. The molecular weight excluding hydrogens is 217 g/mol. The van der Waals surface area contributed by atoms with E-state index in [1.165, 1.54) is 0 Å². The van der Waals surface area contributed by atoms with E-state index in [-0.39, 0.29) is 6.04 Å². The molecule has 0 aromatic heterocycles. The number of hydrogen-bond donors (Lipinski definition) is 1. The maximum absolute atomic E-state index is 15.0. The van der Waals surface area contributed by atoms with Crippen LogP contribution in [0, 0.1) is 6.92 Å². The van der Waals surface area contributed by atoms with E-state index in [0.29, 0.717) is 24.2 Å². The smallest absolute Gasteiger partial charge is 0.139 e. The van der Waals surface area contributed by atoms with E-state index in [1.54, 1.807) is 7.11 Å². The highest BCUT2D eigenvalue weighted by Gasteiger charge is 2.38. The van der Waals surface area contributed by atoms with Gasteiger partial charge < -0.3 is 10.5 Å². The number of nitrogens with two attached hydrogens (primary N) is 1. The fourth-order valence-corrected chi connectivity index (χ4v) is 2.54. The van der Waals surface area contributed by atoms with Crippen molar-refractivity contribution in [2.75, 3.05) is 7.11 Å². The zero-order chi connectivity index (χ0) is 12.5. The molecule has 1 fully saturated rings. The zero-order valence-corrected chi connectivity index (χ0v) is 10.5. The quantitative estimate of drug-likeness (QED) is 0.858. The summed E-state index contributed by atoms with van der Waals surface area (Å²) in [7, 11) is 1.59. The van der Waals surface area contributed by atoms with Crippen molar-refractivity contribution in [1.82, 2.24) is 0 Å². The van der Waals surface area contributed by atoms with Crippen LogP contribution in [0.25, 0.3) is 0 Å². The Morgan fingerprint density at radius 3 is 2.59 bits per heavy atom. The topological polar surface area (TPSA) is 35.2 Å².